The van der Waals surface area contributed by atoms with Crippen LogP contribution in [0.3, 0.4) is 0 Å². The summed E-state index contributed by atoms with van der Waals surface area (Å²) in [5, 5.41) is 1.28. The van der Waals surface area contributed by atoms with E-state index in [1.54, 1.807) is 6.07 Å². The van der Waals surface area contributed by atoms with E-state index in [4.69, 9.17) is 4.74 Å². The van der Waals surface area contributed by atoms with Crippen molar-refractivity contribution in [1.29, 1.82) is 0 Å². The molecule has 0 N–H and O–H groups in total. The molecular weight excluding hydrogens is 632 g/mol. The van der Waals surface area contributed by atoms with E-state index in [9.17, 15) is 9.59 Å². The summed E-state index contributed by atoms with van der Waals surface area (Å²) >= 11 is 7.18. The second-order valence-electron chi connectivity index (χ2n) is 6.45. The van der Waals surface area contributed by atoms with Crippen molar-refractivity contribution < 1.29 is 9.53 Å². The zero-order valence-corrected chi connectivity index (χ0v) is 22.7. The standard InChI is InChI=1S/C21H27I2NO3S2/c1-3-24(4-2)17-10-8-9-15-18(13-19(25)29-20(15)17)27-11-6-5-7-12-28-21(26)16(23)14-22/h8-10,13,16H,3-7,11-12,14H2,1-2H3. The van der Waals surface area contributed by atoms with E-state index in [2.05, 4.69) is 70.0 Å². The first-order valence-corrected chi connectivity index (χ1v) is 14.4. The Hall–Kier alpha value is -0.0700. The number of nitrogens with zero attached hydrogens (tertiary/aromatic N) is 1. The number of hydrogen-bond donors (Lipinski definition) is 0. The number of fused-ring (bicyclic) bond motifs is 1. The van der Waals surface area contributed by atoms with Gasteiger partial charge in [0.15, 0.2) is 0 Å². The Morgan fingerprint density at radius 2 is 2.00 bits per heavy atom. The minimum absolute atomic E-state index is 0.0191. The number of halogens is 2. The van der Waals surface area contributed by atoms with Gasteiger partial charge >= 0.3 is 0 Å². The molecule has 2 rings (SSSR count). The minimum Gasteiger partial charge on any atom is -0.493 e. The van der Waals surface area contributed by atoms with Gasteiger partial charge in [-0.2, -0.15) is 0 Å². The summed E-state index contributed by atoms with van der Waals surface area (Å²) in [7, 11) is 0. The van der Waals surface area contributed by atoms with Crippen LogP contribution in [0.15, 0.2) is 29.1 Å². The largest absolute Gasteiger partial charge is 0.493 e. The topological polar surface area (TPSA) is 46.6 Å². The molecule has 0 aliphatic heterocycles. The molecule has 1 unspecified atom stereocenters. The predicted molar refractivity (Wildman–Crippen MR) is 145 cm³/mol. The molecule has 0 saturated heterocycles. The number of hydrogen-bond acceptors (Lipinski definition) is 6. The van der Waals surface area contributed by atoms with Crippen LogP contribution in [0.5, 0.6) is 5.75 Å². The first kappa shape index (κ1) is 25.2. The third kappa shape index (κ3) is 7.53. The quantitative estimate of drug-likeness (QED) is 0.155. The maximum Gasteiger partial charge on any atom is 0.236 e. The van der Waals surface area contributed by atoms with E-state index in [1.165, 1.54) is 23.1 Å². The Morgan fingerprint density at radius 3 is 2.69 bits per heavy atom. The summed E-state index contributed by atoms with van der Waals surface area (Å²) in [6.07, 6.45) is 2.93. The average Bonchev–Trinajstić information content (AvgIpc) is 2.73. The third-order valence-electron chi connectivity index (χ3n) is 4.50. The summed E-state index contributed by atoms with van der Waals surface area (Å²) in [6.45, 7) is 6.63. The first-order valence-electron chi connectivity index (χ1n) is 9.83. The smallest absolute Gasteiger partial charge is 0.236 e. The molecule has 8 heteroatoms. The van der Waals surface area contributed by atoms with Gasteiger partial charge in [-0.15, -0.1) is 0 Å². The summed E-state index contributed by atoms with van der Waals surface area (Å²) in [5.41, 5.74) is 1.10. The van der Waals surface area contributed by atoms with Crippen LogP contribution in [-0.4, -0.2) is 38.9 Å². The van der Waals surface area contributed by atoms with Crippen LogP contribution in [0, 0.1) is 0 Å². The van der Waals surface area contributed by atoms with Gasteiger partial charge in [0, 0.05) is 34.7 Å². The molecule has 0 radical (unpaired) electrons. The van der Waals surface area contributed by atoms with E-state index in [0.29, 0.717) is 12.4 Å². The Kier molecular flexibility index (Phi) is 11.6. The lowest BCUT2D eigenvalue weighted by Crippen LogP contribution is -2.22. The molecule has 0 aliphatic carbocycles. The second-order valence-corrected chi connectivity index (χ2v) is 11.0. The van der Waals surface area contributed by atoms with E-state index in [0.717, 1.165) is 58.3 Å². The summed E-state index contributed by atoms with van der Waals surface area (Å²) in [4.78, 5) is 26.3. The van der Waals surface area contributed by atoms with E-state index in [1.807, 2.05) is 12.1 Å². The van der Waals surface area contributed by atoms with E-state index < -0.39 is 0 Å². The van der Waals surface area contributed by atoms with Crippen LogP contribution in [0.2, 0.25) is 0 Å². The predicted octanol–water partition coefficient (Wildman–Crippen LogP) is 6.16. The number of thioether (sulfide) groups is 1. The highest BCUT2D eigenvalue weighted by atomic mass is 127. The Morgan fingerprint density at radius 1 is 1.24 bits per heavy atom. The SMILES string of the molecule is CCN(CC)c1cccc2c(OCCCCCSC(=O)C(I)CI)cc(=O)sc12. The lowest BCUT2D eigenvalue weighted by molar-refractivity contribution is -0.109. The summed E-state index contributed by atoms with van der Waals surface area (Å²) in [6, 6.07) is 7.75. The Labute approximate surface area is 208 Å². The molecule has 0 amide bonds. The fourth-order valence-corrected chi connectivity index (χ4v) is 5.96. The van der Waals surface area contributed by atoms with E-state index in [-0.39, 0.29) is 13.8 Å². The van der Waals surface area contributed by atoms with Crippen molar-refractivity contribution in [3.05, 3.63) is 33.8 Å². The fourth-order valence-electron chi connectivity index (χ4n) is 2.96. The molecule has 1 aromatic carbocycles. The molecule has 2 aromatic rings. The van der Waals surface area contributed by atoms with E-state index >= 15 is 0 Å². The van der Waals surface area contributed by atoms with Gasteiger partial charge in [0.05, 0.1) is 20.9 Å². The third-order valence-corrected chi connectivity index (χ3v) is 10.5. The van der Waals surface area contributed by atoms with Gasteiger partial charge < -0.3 is 9.64 Å². The zero-order valence-electron chi connectivity index (χ0n) is 16.8. The molecule has 1 atom stereocenters. The van der Waals surface area contributed by atoms with Gasteiger partial charge in [-0.25, -0.2) is 0 Å². The molecule has 0 fully saturated rings. The van der Waals surface area contributed by atoms with Crippen molar-refractivity contribution in [3.63, 3.8) is 0 Å². The van der Waals surface area contributed by atoms with Crippen molar-refractivity contribution in [1.82, 2.24) is 0 Å². The maximum absolute atomic E-state index is 12.3. The van der Waals surface area contributed by atoms with Crippen LogP contribution < -0.4 is 14.4 Å². The number of anilines is 1. The molecule has 0 spiro atoms. The van der Waals surface area contributed by atoms with Crippen LogP contribution >= 0.6 is 68.3 Å². The van der Waals surface area contributed by atoms with Crippen molar-refractivity contribution in [2.24, 2.45) is 0 Å². The number of ether oxygens (including phenoxy) is 1. The molecule has 29 heavy (non-hydrogen) atoms. The molecular formula is C21H27I2NO3S2. The minimum atomic E-state index is 0.0191. The van der Waals surface area contributed by atoms with Gasteiger partial charge in [0.25, 0.3) is 0 Å². The van der Waals surface area contributed by atoms with Crippen LogP contribution in [0.25, 0.3) is 10.1 Å². The lowest BCUT2D eigenvalue weighted by atomic mass is 10.2. The monoisotopic (exact) mass is 659 g/mol. The van der Waals surface area contributed by atoms with Gasteiger partial charge in [0.1, 0.15) is 5.75 Å². The lowest BCUT2D eigenvalue weighted by Gasteiger charge is -2.22. The molecule has 0 saturated carbocycles. The number of alkyl halides is 2. The summed E-state index contributed by atoms with van der Waals surface area (Å²) < 4.78 is 7.98. The Bertz CT molecular complexity index is 855. The molecule has 1 aromatic heterocycles. The maximum atomic E-state index is 12.3. The number of benzene rings is 1. The second kappa shape index (κ2) is 13.4. The average molecular weight is 659 g/mol. The van der Waals surface area contributed by atoms with Gasteiger partial charge in [-0.3, -0.25) is 9.59 Å². The van der Waals surface area contributed by atoms with Gasteiger partial charge in [-0.05, 0) is 45.2 Å². The number of carbonyl (C=O) groups excluding carboxylic acids is 1. The van der Waals surface area contributed by atoms with Gasteiger partial charge in [0.2, 0.25) is 9.86 Å². The van der Waals surface area contributed by atoms with Crippen molar-refractivity contribution in [2.75, 3.05) is 34.8 Å². The van der Waals surface area contributed by atoms with Crippen molar-refractivity contribution >= 4 is 89.2 Å². The highest BCUT2D eigenvalue weighted by Gasteiger charge is 2.14. The number of rotatable bonds is 12. The Balaban J connectivity index is 1.93. The molecule has 1 heterocycles. The molecule has 0 aliphatic rings. The van der Waals surface area contributed by atoms with Crippen molar-refractivity contribution in [2.45, 2.75) is 37.0 Å². The van der Waals surface area contributed by atoms with Crippen LogP contribution in [0.4, 0.5) is 5.69 Å². The molecule has 160 valence electrons. The number of unbranched alkanes of at least 4 members (excludes halogenated alkanes) is 2. The highest BCUT2D eigenvalue weighted by molar-refractivity contribution is 14.1. The fraction of sp³-hybridized carbons (Fsp3) is 0.524. The molecule has 4 nitrogen and oxygen atoms in total. The van der Waals surface area contributed by atoms with Gasteiger partial charge in [-0.1, -0.05) is 74.3 Å². The zero-order chi connectivity index (χ0) is 21.2. The highest BCUT2D eigenvalue weighted by Crippen LogP contribution is 2.34. The van der Waals surface area contributed by atoms with Crippen LogP contribution in [-0.2, 0) is 4.79 Å². The van der Waals surface area contributed by atoms with Crippen molar-refractivity contribution in [3.8, 4) is 5.75 Å². The molecule has 0 bridgehead atoms. The van der Waals surface area contributed by atoms with Crippen LogP contribution in [0.1, 0.15) is 33.1 Å². The summed E-state index contributed by atoms with van der Waals surface area (Å²) in [5.74, 6) is 1.54. The number of carbonyl (C=O) groups is 1. The normalized spacial score (nSPS) is 12.1. The first-order chi connectivity index (χ1) is 14.0.